The van der Waals surface area contributed by atoms with Crippen LogP contribution in [0.25, 0.3) is 16.4 Å². The van der Waals surface area contributed by atoms with E-state index in [9.17, 15) is 4.79 Å². The van der Waals surface area contributed by atoms with E-state index in [1.807, 2.05) is 17.5 Å². The number of carbonyl (C=O) groups excluding carboxylic acids is 1. The van der Waals surface area contributed by atoms with E-state index in [-0.39, 0.29) is 5.97 Å². The molecule has 0 aliphatic carbocycles. The predicted molar refractivity (Wildman–Crippen MR) is 78.4 cm³/mol. The zero-order valence-electron chi connectivity index (χ0n) is 11.3. The summed E-state index contributed by atoms with van der Waals surface area (Å²) in [6.45, 7) is 2.14. The number of rotatable bonds is 4. The van der Waals surface area contributed by atoms with Gasteiger partial charge in [-0.1, -0.05) is 6.07 Å². The van der Waals surface area contributed by atoms with Crippen molar-refractivity contribution in [2.24, 2.45) is 0 Å². The van der Waals surface area contributed by atoms with Gasteiger partial charge in [0.05, 0.1) is 22.7 Å². The van der Waals surface area contributed by atoms with Crippen LogP contribution in [-0.4, -0.2) is 32.8 Å². The molecule has 21 heavy (non-hydrogen) atoms. The lowest BCUT2D eigenvalue weighted by Crippen LogP contribution is -2.05. The van der Waals surface area contributed by atoms with Crippen LogP contribution in [0.4, 0.5) is 0 Å². The summed E-state index contributed by atoms with van der Waals surface area (Å²) in [5.74, 6) is 0.341. The number of thiophene rings is 1. The third kappa shape index (κ3) is 2.68. The Balaban J connectivity index is 1.92. The van der Waals surface area contributed by atoms with Gasteiger partial charge in [0.2, 0.25) is 0 Å². The van der Waals surface area contributed by atoms with Gasteiger partial charge >= 0.3 is 5.97 Å². The molecule has 6 nitrogen and oxygen atoms in total. The van der Waals surface area contributed by atoms with E-state index in [1.165, 1.54) is 0 Å². The SMILES string of the molecule is CCOC(=O)c1ccc(-n2nnnc2-c2cccs2)cc1. The van der Waals surface area contributed by atoms with E-state index in [0.717, 1.165) is 10.6 Å². The van der Waals surface area contributed by atoms with Gasteiger partial charge in [-0.2, -0.15) is 4.68 Å². The molecule has 0 bridgehead atoms. The van der Waals surface area contributed by atoms with Crippen molar-refractivity contribution in [2.75, 3.05) is 6.61 Å². The maximum Gasteiger partial charge on any atom is 0.338 e. The summed E-state index contributed by atoms with van der Waals surface area (Å²) < 4.78 is 6.60. The maximum absolute atomic E-state index is 11.6. The molecule has 0 aliphatic rings. The molecule has 0 saturated heterocycles. The number of hydrogen-bond donors (Lipinski definition) is 0. The number of benzene rings is 1. The maximum atomic E-state index is 11.6. The van der Waals surface area contributed by atoms with E-state index in [1.54, 1.807) is 47.2 Å². The third-order valence-corrected chi connectivity index (χ3v) is 3.70. The number of tetrazole rings is 1. The van der Waals surface area contributed by atoms with Crippen molar-refractivity contribution in [2.45, 2.75) is 6.92 Å². The second-order valence-electron chi connectivity index (χ2n) is 4.16. The summed E-state index contributed by atoms with van der Waals surface area (Å²) in [6.07, 6.45) is 0. The van der Waals surface area contributed by atoms with Crippen molar-refractivity contribution < 1.29 is 9.53 Å². The quantitative estimate of drug-likeness (QED) is 0.693. The Hall–Kier alpha value is -2.54. The molecular weight excluding hydrogens is 288 g/mol. The standard InChI is InChI=1S/C14H12N4O2S/c1-2-20-14(19)10-5-7-11(8-6-10)18-13(15-16-17-18)12-4-3-9-21-12/h3-9H,2H2,1H3. The Morgan fingerprint density at radius 2 is 2.10 bits per heavy atom. The summed E-state index contributed by atoms with van der Waals surface area (Å²) in [6, 6.07) is 10.9. The molecule has 0 saturated carbocycles. The molecule has 3 aromatic rings. The highest BCUT2D eigenvalue weighted by atomic mass is 32.1. The summed E-state index contributed by atoms with van der Waals surface area (Å²) in [4.78, 5) is 12.6. The second-order valence-corrected chi connectivity index (χ2v) is 5.11. The van der Waals surface area contributed by atoms with Gasteiger partial charge in [-0.05, 0) is 53.1 Å². The summed E-state index contributed by atoms with van der Waals surface area (Å²) in [7, 11) is 0. The molecular formula is C14H12N4O2S. The van der Waals surface area contributed by atoms with Crippen LogP contribution in [0.2, 0.25) is 0 Å². The smallest absolute Gasteiger partial charge is 0.338 e. The lowest BCUT2D eigenvalue weighted by molar-refractivity contribution is 0.0526. The number of aromatic nitrogens is 4. The Morgan fingerprint density at radius 3 is 2.76 bits per heavy atom. The van der Waals surface area contributed by atoms with Gasteiger partial charge in [0, 0.05) is 0 Å². The highest BCUT2D eigenvalue weighted by Gasteiger charge is 2.12. The van der Waals surface area contributed by atoms with E-state index in [2.05, 4.69) is 15.5 Å². The fourth-order valence-corrected chi connectivity index (χ4v) is 2.57. The minimum Gasteiger partial charge on any atom is -0.462 e. The largest absolute Gasteiger partial charge is 0.462 e. The summed E-state index contributed by atoms with van der Waals surface area (Å²) >= 11 is 1.57. The first kappa shape index (κ1) is 13.4. The van der Waals surface area contributed by atoms with Crippen LogP contribution in [0, 0.1) is 0 Å². The molecule has 0 radical (unpaired) electrons. The van der Waals surface area contributed by atoms with Gasteiger partial charge in [0.15, 0.2) is 5.82 Å². The van der Waals surface area contributed by atoms with Crippen molar-refractivity contribution >= 4 is 17.3 Å². The lowest BCUT2D eigenvalue weighted by Gasteiger charge is -2.05. The van der Waals surface area contributed by atoms with Crippen LogP contribution in [-0.2, 0) is 4.74 Å². The van der Waals surface area contributed by atoms with Crippen molar-refractivity contribution in [1.29, 1.82) is 0 Å². The summed E-state index contributed by atoms with van der Waals surface area (Å²) in [5, 5.41) is 13.7. The van der Waals surface area contributed by atoms with Crippen LogP contribution in [0.3, 0.4) is 0 Å². The first-order chi connectivity index (χ1) is 10.3. The van der Waals surface area contributed by atoms with Crippen molar-refractivity contribution in [3.8, 4) is 16.4 Å². The number of carbonyl (C=O) groups is 1. The molecule has 0 aliphatic heterocycles. The first-order valence-electron chi connectivity index (χ1n) is 6.39. The van der Waals surface area contributed by atoms with Crippen molar-refractivity contribution in [3.63, 3.8) is 0 Å². The van der Waals surface area contributed by atoms with E-state index >= 15 is 0 Å². The zero-order chi connectivity index (χ0) is 14.7. The summed E-state index contributed by atoms with van der Waals surface area (Å²) in [5.41, 5.74) is 1.29. The number of hydrogen-bond acceptors (Lipinski definition) is 6. The molecule has 3 rings (SSSR count). The Labute approximate surface area is 125 Å². The third-order valence-electron chi connectivity index (χ3n) is 2.83. The highest BCUT2D eigenvalue weighted by Crippen LogP contribution is 2.24. The molecule has 1 aromatic carbocycles. The van der Waals surface area contributed by atoms with Gasteiger partial charge in [0.25, 0.3) is 0 Å². The molecule has 2 aromatic heterocycles. The number of ether oxygens (including phenoxy) is 1. The van der Waals surface area contributed by atoms with Gasteiger partial charge in [0.1, 0.15) is 0 Å². The number of esters is 1. The average Bonchev–Trinajstić information content (AvgIpc) is 3.18. The van der Waals surface area contributed by atoms with Crippen molar-refractivity contribution in [3.05, 3.63) is 47.3 Å². The molecule has 106 valence electrons. The van der Waals surface area contributed by atoms with Crippen LogP contribution >= 0.6 is 11.3 Å². The van der Waals surface area contributed by atoms with Crippen LogP contribution in [0.5, 0.6) is 0 Å². The van der Waals surface area contributed by atoms with Gasteiger partial charge in [-0.3, -0.25) is 0 Å². The Bertz CT molecular complexity index is 735. The fraction of sp³-hybridized carbons (Fsp3) is 0.143. The van der Waals surface area contributed by atoms with Gasteiger partial charge < -0.3 is 4.74 Å². The topological polar surface area (TPSA) is 69.9 Å². The molecule has 0 N–H and O–H groups in total. The molecule has 0 atom stereocenters. The minimum absolute atomic E-state index is 0.334. The molecule has 7 heteroatoms. The molecule has 0 unspecified atom stereocenters. The molecule has 0 amide bonds. The molecule has 2 heterocycles. The lowest BCUT2D eigenvalue weighted by atomic mass is 10.2. The van der Waals surface area contributed by atoms with Crippen molar-refractivity contribution in [1.82, 2.24) is 20.2 Å². The van der Waals surface area contributed by atoms with Gasteiger partial charge in [-0.15, -0.1) is 16.4 Å². The van der Waals surface area contributed by atoms with E-state index in [4.69, 9.17) is 4.74 Å². The predicted octanol–water partition coefficient (Wildman–Crippen LogP) is 2.57. The monoisotopic (exact) mass is 300 g/mol. The second kappa shape index (κ2) is 5.84. The Kier molecular flexibility index (Phi) is 3.74. The average molecular weight is 300 g/mol. The van der Waals surface area contributed by atoms with Crippen LogP contribution in [0.15, 0.2) is 41.8 Å². The molecule has 0 fully saturated rings. The first-order valence-corrected chi connectivity index (χ1v) is 7.27. The fourth-order valence-electron chi connectivity index (χ4n) is 1.87. The van der Waals surface area contributed by atoms with E-state index in [0.29, 0.717) is 18.0 Å². The van der Waals surface area contributed by atoms with Crippen LogP contribution < -0.4 is 0 Å². The van der Waals surface area contributed by atoms with Crippen LogP contribution in [0.1, 0.15) is 17.3 Å². The Morgan fingerprint density at radius 1 is 1.29 bits per heavy atom. The number of nitrogens with zero attached hydrogens (tertiary/aromatic N) is 4. The molecule has 0 spiro atoms. The zero-order valence-corrected chi connectivity index (χ0v) is 12.1. The minimum atomic E-state index is -0.334. The van der Waals surface area contributed by atoms with E-state index < -0.39 is 0 Å². The van der Waals surface area contributed by atoms with Gasteiger partial charge in [-0.25, -0.2) is 4.79 Å². The highest BCUT2D eigenvalue weighted by molar-refractivity contribution is 7.13. The normalized spacial score (nSPS) is 10.5.